The maximum absolute atomic E-state index is 12.6. The third-order valence-electron chi connectivity index (χ3n) is 10.1. The van der Waals surface area contributed by atoms with E-state index in [2.05, 4.69) is 43.8 Å². The van der Waals surface area contributed by atoms with Gasteiger partial charge in [0.05, 0.1) is 17.0 Å². The Morgan fingerprint density at radius 3 is 2.26 bits per heavy atom. The van der Waals surface area contributed by atoms with Crippen LogP contribution in [0, 0.1) is 11.8 Å². The number of rotatable bonds is 11. The summed E-state index contributed by atoms with van der Waals surface area (Å²) in [6, 6.07) is 29.2. The molecule has 5 aromatic rings. The van der Waals surface area contributed by atoms with Crippen molar-refractivity contribution in [2.75, 3.05) is 50.4 Å². The van der Waals surface area contributed by atoms with Crippen LogP contribution in [0.2, 0.25) is 10.0 Å². The summed E-state index contributed by atoms with van der Waals surface area (Å²) < 4.78 is 28.9. The topological polar surface area (TPSA) is 93.9 Å². The van der Waals surface area contributed by atoms with Gasteiger partial charge >= 0.3 is 0 Å². The molecule has 54 heavy (non-hydrogen) atoms. The number of nitrogens with zero attached hydrogens (tertiary/aromatic N) is 5. The molecule has 0 saturated carbocycles. The summed E-state index contributed by atoms with van der Waals surface area (Å²) in [5.74, 6) is 6.82. The number of fused-ring (bicyclic) bond motifs is 1. The van der Waals surface area contributed by atoms with Crippen LogP contribution >= 0.6 is 23.2 Å². The van der Waals surface area contributed by atoms with Crippen molar-refractivity contribution in [2.24, 2.45) is 0 Å². The molecule has 280 valence electrons. The Kier molecular flexibility index (Phi) is 11.9. The third kappa shape index (κ3) is 9.47. The fourth-order valence-electron chi connectivity index (χ4n) is 7.10. The van der Waals surface area contributed by atoms with Crippen LogP contribution in [0.5, 0.6) is 5.75 Å². The molecule has 0 spiro atoms. The maximum Gasteiger partial charge on any atom is 0.211 e. The number of aryl methyl sites for hydroxylation is 1. The summed E-state index contributed by atoms with van der Waals surface area (Å²) >= 11 is 12.7. The van der Waals surface area contributed by atoms with Crippen molar-refractivity contribution in [2.45, 2.75) is 39.0 Å². The molecular formula is C42H44Cl2N6O3S. The SMILES string of the molecule is CS(=O)(=O)N1CCc2c(c(-c3ccc(Cl)c(C#Cc4ccc(CNCc5ccc(Cl)cc5)cc4)c3)nn2CCCN2CCN(c3cccc(O)c3)CC2)C1. The summed E-state index contributed by atoms with van der Waals surface area (Å²) in [4.78, 5) is 4.78. The molecule has 12 heteroatoms. The van der Waals surface area contributed by atoms with Gasteiger partial charge in [0.15, 0.2) is 0 Å². The van der Waals surface area contributed by atoms with E-state index in [1.54, 1.807) is 6.07 Å². The Morgan fingerprint density at radius 1 is 0.833 bits per heavy atom. The number of anilines is 1. The molecule has 2 aliphatic heterocycles. The van der Waals surface area contributed by atoms with E-state index < -0.39 is 10.0 Å². The van der Waals surface area contributed by atoms with Crippen molar-refractivity contribution in [3.8, 4) is 28.8 Å². The lowest BCUT2D eigenvalue weighted by Gasteiger charge is -2.36. The molecule has 0 aliphatic carbocycles. The molecule has 0 atom stereocenters. The average Bonchev–Trinajstić information content (AvgIpc) is 3.53. The van der Waals surface area contributed by atoms with Crippen molar-refractivity contribution in [1.29, 1.82) is 0 Å². The van der Waals surface area contributed by atoms with E-state index in [0.717, 1.165) is 103 Å². The summed E-state index contributed by atoms with van der Waals surface area (Å²) in [6.45, 7) is 7.58. The van der Waals surface area contributed by atoms with E-state index >= 15 is 0 Å². The highest BCUT2D eigenvalue weighted by molar-refractivity contribution is 7.88. The van der Waals surface area contributed by atoms with Gasteiger partial charge in [-0.15, -0.1) is 0 Å². The van der Waals surface area contributed by atoms with Gasteiger partial charge in [0.2, 0.25) is 10.0 Å². The number of hydrogen-bond acceptors (Lipinski definition) is 7. The van der Waals surface area contributed by atoms with Gasteiger partial charge in [-0.3, -0.25) is 9.58 Å². The highest BCUT2D eigenvalue weighted by Crippen LogP contribution is 2.33. The first-order valence-electron chi connectivity index (χ1n) is 18.2. The molecule has 2 aliphatic rings. The normalized spacial score (nSPS) is 15.1. The van der Waals surface area contributed by atoms with Crippen molar-refractivity contribution in [1.82, 2.24) is 24.3 Å². The molecule has 7 rings (SSSR count). The molecule has 2 N–H and O–H groups in total. The van der Waals surface area contributed by atoms with Gasteiger partial charge in [0.1, 0.15) is 5.75 Å². The Hall–Kier alpha value is -4.34. The van der Waals surface area contributed by atoms with Crippen LogP contribution in [-0.4, -0.2) is 78.0 Å². The minimum absolute atomic E-state index is 0.283. The zero-order chi connectivity index (χ0) is 37.7. The molecule has 3 heterocycles. The van der Waals surface area contributed by atoms with Crippen LogP contribution in [0.4, 0.5) is 5.69 Å². The predicted molar refractivity (Wildman–Crippen MR) is 217 cm³/mol. The number of phenolic OH excluding ortho intramolecular Hbond substituents is 1. The molecular weight excluding hydrogens is 739 g/mol. The summed E-state index contributed by atoms with van der Waals surface area (Å²) in [5, 5.41) is 19.7. The number of aromatic hydroxyl groups is 1. The predicted octanol–water partition coefficient (Wildman–Crippen LogP) is 6.78. The lowest BCUT2D eigenvalue weighted by Crippen LogP contribution is -2.46. The van der Waals surface area contributed by atoms with Gasteiger partial charge < -0.3 is 15.3 Å². The molecule has 4 aromatic carbocycles. The van der Waals surface area contributed by atoms with Crippen LogP contribution in [0.1, 0.15) is 39.9 Å². The third-order valence-corrected chi connectivity index (χ3v) is 11.9. The number of nitrogens with one attached hydrogen (secondary N) is 1. The van der Waals surface area contributed by atoms with Gasteiger partial charge in [-0.1, -0.05) is 71.4 Å². The minimum atomic E-state index is -3.37. The van der Waals surface area contributed by atoms with E-state index in [4.69, 9.17) is 28.3 Å². The average molecular weight is 784 g/mol. The number of sulfonamides is 1. The fraction of sp³-hybridized carbons (Fsp3) is 0.310. The molecule has 9 nitrogen and oxygen atoms in total. The summed E-state index contributed by atoms with van der Waals surface area (Å²) in [6.07, 6.45) is 2.79. The van der Waals surface area contributed by atoms with Crippen LogP contribution in [0.3, 0.4) is 0 Å². The molecule has 1 fully saturated rings. The van der Waals surface area contributed by atoms with Crippen molar-refractivity contribution in [3.05, 3.63) is 135 Å². The molecule has 0 unspecified atom stereocenters. The number of benzene rings is 4. The van der Waals surface area contributed by atoms with Crippen LogP contribution < -0.4 is 10.2 Å². The zero-order valence-electron chi connectivity index (χ0n) is 30.3. The second-order valence-corrected chi connectivity index (χ2v) is 16.7. The van der Waals surface area contributed by atoms with E-state index in [-0.39, 0.29) is 12.3 Å². The second kappa shape index (κ2) is 17.0. The van der Waals surface area contributed by atoms with E-state index in [9.17, 15) is 13.5 Å². The van der Waals surface area contributed by atoms with Crippen molar-refractivity contribution >= 4 is 38.9 Å². The first-order valence-corrected chi connectivity index (χ1v) is 20.9. The monoisotopic (exact) mass is 782 g/mol. The summed E-state index contributed by atoms with van der Waals surface area (Å²) in [7, 11) is -3.37. The number of phenols is 1. The van der Waals surface area contributed by atoms with Crippen LogP contribution in [0.25, 0.3) is 11.3 Å². The van der Waals surface area contributed by atoms with Crippen LogP contribution in [0.15, 0.2) is 91.0 Å². The number of hydrogen-bond donors (Lipinski definition) is 2. The van der Waals surface area contributed by atoms with Crippen molar-refractivity contribution in [3.63, 3.8) is 0 Å². The molecule has 0 radical (unpaired) electrons. The first kappa shape index (κ1) is 38.0. The molecule has 1 aromatic heterocycles. The largest absolute Gasteiger partial charge is 0.508 e. The van der Waals surface area contributed by atoms with E-state index in [1.807, 2.05) is 72.8 Å². The van der Waals surface area contributed by atoms with Gasteiger partial charge in [-0.25, -0.2) is 8.42 Å². The number of piperazine rings is 1. The van der Waals surface area contributed by atoms with Crippen LogP contribution in [-0.2, 0) is 42.6 Å². The zero-order valence-corrected chi connectivity index (χ0v) is 32.6. The number of aromatic nitrogens is 2. The van der Waals surface area contributed by atoms with Crippen molar-refractivity contribution < 1.29 is 13.5 Å². The van der Waals surface area contributed by atoms with Gasteiger partial charge in [0, 0.05) is 117 Å². The number of halogens is 2. The Labute approximate surface area is 328 Å². The molecule has 0 bridgehead atoms. The van der Waals surface area contributed by atoms with Gasteiger partial charge in [-0.2, -0.15) is 9.40 Å². The van der Waals surface area contributed by atoms with Gasteiger partial charge in [-0.05, 0) is 66.1 Å². The molecule has 0 amide bonds. The fourth-order valence-corrected chi connectivity index (χ4v) is 8.17. The summed E-state index contributed by atoms with van der Waals surface area (Å²) in [5.41, 5.74) is 8.61. The quantitative estimate of drug-likeness (QED) is 0.143. The first-order chi connectivity index (χ1) is 26.1. The Morgan fingerprint density at radius 2 is 1.56 bits per heavy atom. The smallest absolute Gasteiger partial charge is 0.211 e. The Bertz CT molecular complexity index is 2260. The second-order valence-electron chi connectivity index (χ2n) is 13.9. The molecule has 1 saturated heterocycles. The van der Waals surface area contributed by atoms with Gasteiger partial charge in [0.25, 0.3) is 0 Å². The Balaban J connectivity index is 1.03. The lowest BCUT2D eigenvalue weighted by molar-refractivity contribution is 0.248. The highest BCUT2D eigenvalue weighted by atomic mass is 35.5. The standard InChI is InChI=1S/C42H44Cl2N6O3S/c1-54(52,53)49-21-18-41-39(30-49)42(46-50(41)20-3-19-47-22-24-48(25-23-47)37-4-2-5-38(51)27-37)35-14-17-40(44)34(26-35)13-10-31-6-8-32(9-7-31)28-45-29-33-11-15-36(43)16-12-33/h2,4-9,11-12,14-17,26-27,45,51H,3,18-25,28-30H2,1H3. The lowest BCUT2D eigenvalue weighted by atomic mass is 10.0. The van der Waals surface area contributed by atoms with E-state index in [1.165, 1.54) is 16.1 Å². The highest BCUT2D eigenvalue weighted by Gasteiger charge is 2.30. The maximum atomic E-state index is 12.6. The minimum Gasteiger partial charge on any atom is -0.508 e. The van der Waals surface area contributed by atoms with E-state index in [0.29, 0.717) is 23.6 Å².